The van der Waals surface area contributed by atoms with Gasteiger partial charge in [-0.05, 0) is 32.0 Å². The van der Waals surface area contributed by atoms with Crippen LogP contribution in [0.4, 0.5) is 15.9 Å². The lowest BCUT2D eigenvalue weighted by molar-refractivity contribution is 0.0947. The Morgan fingerprint density at radius 2 is 2.17 bits per heavy atom. The molecule has 3 aromatic rings. The van der Waals surface area contributed by atoms with Gasteiger partial charge in [0.2, 0.25) is 0 Å². The first kappa shape index (κ1) is 19.8. The number of benzene rings is 1. The highest BCUT2D eigenvalue weighted by molar-refractivity contribution is 6.05. The van der Waals surface area contributed by atoms with Crippen LogP contribution in [-0.4, -0.2) is 50.6 Å². The van der Waals surface area contributed by atoms with Crippen LogP contribution in [0.2, 0.25) is 0 Å². The van der Waals surface area contributed by atoms with Crippen LogP contribution < -0.4 is 15.0 Å². The van der Waals surface area contributed by atoms with Gasteiger partial charge in [0, 0.05) is 19.2 Å². The number of rotatable bonds is 4. The Balaban J connectivity index is 1.61. The third kappa shape index (κ3) is 3.57. The fourth-order valence-corrected chi connectivity index (χ4v) is 3.16. The zero-order valence-corrected chi connectivity index (χ0v) is 16.7. The van der Waals surface area contributed by atoms with Crippen molar-refractivity contribution in [1.82, 2.24) is 19.7 Å². The van der Waals surface area contributed by atoms with Gasteiger partial charge in [-0.15, -0.1) is 10.2 Å². The zero-order chi connectivity index (χ0) is 21.4. The molecular weight excluding hydrogens is 391 g/mol. The molecule has 30 heavy (non-hydrogen) atoms. The molecule has 0 saturated carbocycles. The molecule has 1 amide bonds. The van der Waals surface area contributed by atoms with Crippen molar-refractivity contribution in [2.75, 3.05) is 23.9 Å². The van der Waals surface area contributed by atoms with Crippen molar-refractivity contribution in [2.45, 2.75) is 26.1 Å². The minimum absolute atomic E-state index is 0.0200. The van der Waals surface area contributed by atoms with E-state index in [1.54, 1.807) is 31.6 Å². The maximum absolute atomic E-state index is 14.5. The number of fused-ring (bicyclic) bond motifs is 1. The highest BCUT2D eigenvalue weighted by atomic mass is 19.1. The van der Waals surface area contributed by atoms with Crippen molar-refractivity contribution < 1.29 is 19.0 Å². The SMILES string of the molecule is CC(C)n1cnnc1-c1cccc(NC(=O)c2cc3c(cc2F)OCC(O)N3C)n1. The van der Waals surface area contributed by atoms with Gasteiger partial charge in [-0.25, -0.2) is 9.37 Å². The molecular formula is C20H21FN6O3. The standard InChI is InChI=1S/C20H21FN6O3/c1-11(2)27-10-22-25-19(27)14-5-4-6-17(23-14)24-20(29)12-7-15-16(8-13(12)21)30-9-18(28)26(15)3/h4-8,10-11,18,28H,9H2,1-3H3,(H,23,24,29). The van der Waals surface area contributed by atoms with Gasteiger partial charge in [-0.2, -0.15) is 0 Å². The molecule has 0 radical (unpaired) electrons. The molecule has 1 aromatic carbocycles. The number of halogens is 1. The van der Waals surface area contributed by atoms with Crippen molar-refractivity contribution in [3.8, 4) is 17.3 Å². The molecule has 0 spiro atoms. The molecule has 4 rings (SSSR count). The van der Waals surface area contributed by atoms with Crippen LogP contribution in [0.1, 0.15) is 30.2 Å². The summed E-state index contributed by atoms with van der Waals surface area (Å²) in [6.45, 7) is 4.01. The third-order valence-corrected chi connectivity index (χ3v) is 4.86. The second-order valence-electron chi connectivity index (χ2n) is 7.22. The number of anilines is 2. The summed E-state index contributed by atoms with van der Waals surface area (Å²) < 4.78 is 21.7. The summed E-state index contributed by atoms with van der Waals surface area (Å²) in [5.41, 5.74) is 0.768. The fraction of sp³-hybridized carbons (Fsp3) is 0.300. The molecule has 1 aliphatic rings. The van der Waals surface area contributed by atoms with Crippen LogP contribution in [0, 0.1) is 5.82 Å². The minimum atomic E-state index is -0.879. The number of aliphatic hydroxyl groups is 1. The van der Waals surface area contributed by atoms with Crippen molar-refractivity contribution >= 4 is 17.4 Å². The molecule has 0 saturated heterocycles. The average Bonchev–Trinajstić information content (AvgIpc) is 3.21. The Kier molecular flexibility index (Phi) is 5.08. The molecule has 1 unspecified atom stereocenters. The minimum Gasteiger partial charge on any atom is -0.487 e. The van der Waals surface area contributed by atoms with Crippen molar-refractivity contribution in [3.63, 3.8) is 0 Å². The first-order valence-corrected chi connectivity index (χ1v) is 9.40. The summed E-state index contributed by atoms with van der Waals surface area (Å²) in [7, 11) is 1.64. The Bertz CT molecular complexity index is 1100. The predicted molar refractivity (Wildman–Crippen MR) is 108 cm³/mol. The molecule has 10 heteroatoms. The number of ether oxygens (including phenoxy) is 1. The molecule has 9 nitrogen and oxygen atoms in total. The Labute approximate surface area is 172 Å². The van der Waals surface area contributed by atoms with Crippen LogP contribution in [0.25, 0.3) is 11.5 Å². The Morgan fingerprint density at radius 3 is 2.93 bits per heavy atom. The van der Waals surface area contributed by atoms with E-state index in [0.29, 0.717) is 17.2 Å². The lowest BCUT2D eigenvalue weighted by Gasteiger charge is -2.32. The van der Waals surface area contributed by atoms with E-state index in [1.807, 2.05) is 18.4 Å². The predicted octanol–water partition coefficient (Wildman–Crippen LogP) is 2.46. The summed E-state index contributed by atoms with van der Waals surface area (Å²) in [5, 5.41) is 20.6. The van der Waals surface area contributed by atoms with Gasteiger partial charge in [0.25, 0.3) is 5.91 Å². The molecule has 156 valence electrons. The Hall–Kier alpha value is -3.53. The molecule has 0 bridgehead atoms. The number of carbonyl (C=O) groups excluding carboxylic acids is 1. The molecule has 1 aliphatic heterocycles. The Morgan fingerprint density at radius 1 is 1.37 bits per heavy atom. The molecule has 0 fully saturated rings. The van der Waals surface area contributed by atoms with Gasteiger partial charge < -0.3 is 24.6 Å². The summed E-state index contributed by atoms with van der Waals surface area (Å²) in [6, 6.07) is 7.70. The van der Waals surface area contributed by atoms with Gasteiger partial charge in [-0.1, -0.05) is 6.07 Å². The van der Waals surface area contributed by atoms with Gasteiger partial charge in [0.15, 0.2) is 12.1 Å². The summed E-state index contributed by atoms with van der Waals surface area (Å²) in [5.74, 6) is -0.318. The fourth-order valence-electron chi connectivity index (χ4n) is 3.16. The molecule has 0 aliphatic carbocycles. The molecule has 3 heterocycles. The van der Waals surface area contributed by atoms with E-state index in [-0.39, 0.29) is 29.8 Å². The summed E-state index contributed by atoms with van der Waals surface area (Å²) >= 11 is 0. The number of nitrogens with zero attached hydrogens (tertiary/aromatic N) is 5. The van der Waals surface area contributed by atoms with Crippen LogP contribution in [0.3, 0.4) is 0 Å². The number of likely N-dealkylation sites (N-methyl/N-ethyl adjacent to an activating group) is 1. The van der Waals surface area contributed by atoms with Crippen molar-refractivity contribution in [2.24, 2.45) is 0 Å². The number of nitrogens with one attached hydrogen (secondary N) is 1. The van der Waals surface area contributed by atoms with E-state index in [2.05, 4.69) is 20.5 Å². The monoisotopic (exact) mass is 412 g/mol. The number of aliphatic hydroxyl groups excluding tert-OH is 1. The van der Waals surface area contributed by atoms with E-state index < -0.39 is 18.0 Å². The summed E-state index contributed by atoms with van der Waals surface area (Å²) in [4.78, 5) is 18.7. The largest absolute Gasteiger partial charge is 0.487 e. The quantitative estimate of drug-likeness (QED) is 0.678. The maximum Gasteiger partial charge on any atom is 0.259 e. The molecule has 2 N–H and O–H groups in total. The van der Waals surface area contributed by atoms with Gasteiger partial charge in [0.1, 0.15) is 36.0 Å². The average molecular weight is 412 g/mol. The number of pyridine rings is 1. The van der Waals surface area contributed by atoms with E-state index in [4.69, 9.17) is 4.74 Å². The number of hydrogen-bond acceptors (Lipinski definition) is 7. The number of amides is 1. The molecule has 2 aromatic heterocycles. The zero-order valence-electron chi connectivity index (χ0n) is 16.7. The first-order chi connectivity index (χ1) is 14.3. The normalized spacial score (nSPS) is 15.7. The topological polar surface area (TPSA) is 105 Å². The molecule has 1 atom stereocenters. The number of carbonyl (C=O) groups is 1. The summed E-state index contributed by atoms with van der Waals surface area (Å²) in [6.07, 6.45) is 0.734. The van der Waals surface area contributed by atoms with Gasteiger partial charge in [0.05, 0.1) is 11.3 Å². The van der Waals surface area contributed by atoms with E-state index in [0.717, 1.165) is 6.07 Å². The van der Waals surface area contributed by atoms with Gasteiger partial charge >= 0.3 is 0 Å². The second kappa shape index (κ2) is 7.71. The number of aromatic nitrogens is 4. The lowest BCUT2D eigenvalue weighted by Crippen LogP contribution is -2.40. The highest BCUT2D eigenvalue weighted by Crippen LogP contribution is 2.35. The number of hydrogen-bond donors (Lipinski definition) is 2. The highest BCUT2D eigenvalue weighted by Gasteiger charge is 2.26. The lowest BCUT2D eigenvalue weighted by atomic mass is 10.1. The third-order valence-electron chi connectivity index (χ3n) is 4.86. The second-order valence-corrected chi connectivity index (χ2v) is 7.22. The van der Waals surface area contributed by atoms with Crippen LogP contribution >= 0.6 is 0 Å². The van der Waals surface area contributed by atoms with Crippen LogP contribution in [-0.2, 0) is 0 Å². The van der Waals surface area contributed by atoms with Crippen molar-refractivity contribution in [1.29, 1.82) is 0 Å². The van der Waals surface area contributed by atoms with Crippen LogP contribution in [0.15, 0.2) is 36.7 Å². The van der Waals surface area contributed by atoms with E-state index >= 15 is 0 Å². The maximum atomic E-state index is 14.5. The van der Waals surface area contributed by atoms with Crippen molar-refractivity contribution in [3.05, 3.63) is 48.0 Å². The van der Waals surface area contributed by atoms with E-state index in [9.17, 15) is 14.3 Å². The van der Waals surface area contributed by atoms with Crippen LogP contribution in [0.5, 0.6) is 5.75 Å². The first-order valence-electron chi connectivity index (χ1n) is 9.40. The smallest absolute Gasteiger partial charge is 0.259 e. The van der Waals surface area contributed by atoms with E-state index in [1.165, 1.54) is 11.0 Å². The van der Waals surface area contributed by atoms with Gasteiger partial charge in [-0.3, -0.25) is 4.79 Å².